The van der Waals surface area contributed by atoms with Gasteiger partial charge in [-0.25, -0.2) is 0 Å². The van der Waals surface area contributed by atoms with Gasteiger partial charge in [-0.3, -0.25) is 0 Å². The van der Waals surface area contributed by atoms with Gasteiger partial charge in [0.05, 0.1) is 0 Å². The standard InChI is InChI=1S/C16H26N2/c1-4-16(5-2)12-18(13-16)15-10-8-7-9-14(15)11-17-6-3/h7-10,17H,4-6,11-13H2,1-3H3. The van der Waals surface area contributed by atoms with Crippen molar-refractivity contribution in [2.24, 2.45) is 5.41 Å². The lowest BCUT2D eigenvalue weighted by atomic mass is 9.75. The topological polar surface area (TPSA) is 15.3 Å². The van der Waals surface area contributed by atoms with E-state index in [1.165, 1.54) is 37.2 Å². The van der Waals surface area contributed by atoms with E-state index in [-0.39, 0.29) is 0 Å². The zero-order valence-corrected chi connectivity index (χ0v) is 12.0. The zero-order chi connectivity index (χ0) is 13.0. The minimum atomic E-state index is 0.575. The van der Waals surface area contributed by atoms with Gasteiger partial charge in [0, 0.05) is 30.7 Å². The maximum Gasteiger partial charge on any atom is 0.0412 e. The first-order valence-corrected chi connectivity index (χ1v) is 7.28. The number of rotatable bonds is 6. The predicted octanol–water partition coefficient (Wildman–Crippen LogP) is 3.42. The summed E-state index contributed by atoms with van der Waals surface area (Å²) >= 11 is 0. The van der Waals surface area contributed by atoms with E-state index in [1.54, 1.807) is 0 Å². The molecule has 0 aromatic heterocycles. The minimum absolute atomic E-state index is 0.575. The number of benzene rings is 1. The lowest BCUT2D eigenvalue weighted by molar-refractivity contribution is 0.194. The molecule has 1 fully saturated rings. The molecule has 1 aromatic carbocycles. The third kappa shape index (κ3) is 2.54. The van der Waals surface area contributed by atoms with Crippen molar-refractivity contribution < 1.29 is 0 Å². The van der Waals surface area contributed by atoms with E-state index in [9.17, 15) is 0 Å². The fourth-order valence-electron chi connectivity index (χ4n) is 2.86. The zero-order valence-electron chi connectivity index (χ0n) is 12.0. The second-order valence-corrected chi connectivity index (χ2v) is 5.47. The molecule has 0 amide bonds. The summed E-state index contributed by atoms with van der Waals surface area (Å²) in [4.78, 5) is 2.54. The smallest absolute Gasteiger partial charge is 0.0412 e. The highest BCUT2D eigenvalue weighted by molar-refractivity contribution is 5.56. The second-order valence-electron chi connectivity index (χ2n) is 5.47. The molecule has 1 aliphatic heterocycles. The second kappa shape index (κ2) is 5.75. The number of hydrogen-bond acceptors (Lipinski definition) is 2. The Morgan fingerprint density at radius 1 is 1.11 bits per heavy atom. The molecule has 2 nitrogen and oxygen atoms in total. The summed E-state index contributed by atoms with van der Waals surface area (Å²) in [5, 5.41) is 3.43. The summed E-state index contributed by atoms with van der Waals surface area (Å²) in [6, 6.07) is 8.81. The first-order valence-electron chi connectivity index (χ1n) is 7.28. The van der Waals surface area contributed by atoms with Gasteiger partial charge in [-0.15, -0.1) is 0 Å². The van der Waals surface area contributed by atoms with E-state index in [0.29, 0.717) is 5.41 Å². The van der Waals surface area contributed by atoms with Gasteiger partial charge in [-0.05, 0) is 31.0 Å². The molecule has 0 atom stereocenters. The first-order chi connectivity index (χ1) is 8.74. The Morgan fingerprint density at radius 2 is 1.78 bits per heavy atom. The van der Waals surface area contributed by atoms with Crippen LogP contribution >= 0.6 is 0 Å². The van der Waals surface area contributed by atoms with Crippen LogP contribution in [0, 0.1) is 5.41 Å². The van der Waals surface area contributed by atoms with Gasteiger partial charge < -0.3 is 10.2 Å². The van der Waals surface area contributed by atoms with Gasteiger partial charge >= 0.3 is 0 Å². The third-order valence-electron chi connectivity index (χ3n) is 4.45. The molecule has 1 heterocycles. The van der Waals surface area contributed by atoms with E-state index in [1.807, 2.05) is 0 Å². The number of hydrogen-bond donors (Lipinski definition) is 1. The fourth-order valence-corrected chi connectivity index (χ4v) is 2.86. The maximum absolute atomic E-state index is 3.43. The lowest BCUT2D eigenvalue weighted by Gasteiger charge is -2.51. The first kappa shape index (κ1) is 13.4. The van der Waals surface area contributed by atoms with Crippen molar-refractivity contribution in [2.45, 2.75) is 40.2 Å². The largest absolute Gasteiger partial charge is 0.370 e. The Bertz CT molecular complexity index is 374. The molecule has 0 saturated carbocycles. The third-order valence-corrected chi connectivity index (χ3v) is 4.45. The Kier molecular flexibility index (Phi) is 4.28. The van der Waals surface area contributed by atoms with E-state index in [4.69, 9.17) is 0 Å². The van der Waals surface area contributed by atoms with Crippen LogP contribution < -0.4 is 10.2 Å². The Morgan fingerprint density at radius 3 is 2.39 bits per heavy atom. The lowest BCUT2D eigenvalue weighted by Crippen LogP contribution is -2.56. The molecular formula is C16H26N2. The normalized spacial score (nSPS) is 17.6. The molecule has 0 spiro atoms. The highest BCUT2D eigenvalue weighted by Crippen LogP contribution is 2.40. The van der Waals surface area contributed by atoms with Crippen molar-refractivity contribution >= 4 is 5.69 Å². The van der Waals surface area contributed by atoms with Crippen LogP contribution in [-0.2, 0) is 6.54 Å². The van der Waals surface area contributed by atoms with Crippen LogP contribution in [0.15, 0.2) is 24.3 Å². The SMILES string of the molecule is CCNCc1ccccc1N1CC(CC)(CC)C1. The van der Waals surface area contributed by atoms with Crippen molar-refractivity contribution in [1.29, 1.82) is 0 Å². The average molecular weight is 246 g/mol. The molecule has 2 rings (SSSR count). The minimum Gasteiger partial charge on any atom is -0.370 e. The molecule has 1 aliphatic rings. The molecule has 1 N–H and O–H groups in total. The van der Waals surface area contributed by atoms with Crippen LogP contribution in [-0.4, -0.2) is 19.6 Å². The fraction of sp³-hybridized carbons (Fsp3) is 0.625. The van der Waals surface area contributed by atoms with Crippen LogP contribution in [0.2, 0.25) is 0 Å². The summed E-state index contributed by atoms with van der Waals surface area (Å²) in [6.07, 6.45) is 2.60. The molecule has 100 valence electrons. The number of nitrogens with zero attached hydrogens (tertiary/aromatic N) is 1. The van der Waals surface area contributed by atoms with Gasteiger partial charge in [-0.1, -0.05) is 39.0 Å². The van der Waals surface area contributed by atoms with Crippen LogP contribution in [0.5, 0.6) is 0 Å². The molecule has 1 saturated heterocycles. The molecule has 0 aliphatic carbocycles. The number of anilines is 1. The molecule has 2 heteroatoms. The summed E-state index contributed by atoms with van der Waals surface area (Å²) in [7, 11) is 0. The number of para-hydroxylation sites is 1. The van der Waals surface area contributed by atoms with E-state index < -0.39 is 0 Å². The molecule has 18 heavy (non-hydrogen) atoms. The highest BCUT2D eigenvalue weighted by Gasteiger charge is 2.40. The van der Waals surface area contributed by atoms with Gasteiger partial charge in [0.15, 0.2) is 0 Å². The monoisotopic (exact) mass is 246 g/mol. The summed E-state index contributed by atoms with van der Waals surface area (Å²) in [6.45, 7) is 11.3. The quantitative estimate of drug-likeness (QED) is 0.827. The molecule has 1 aromatic rings. The molecule has 0 unspecified atom stereocenters. The highest BCUT2D eigenvalue weighted by atomic mass is 15.2. The molecule has 0 bridgehead atoms. The van der Waals surface area contributed by atoms with Crippen molar-refractivity contribution in [3.05, 3.63) is 29.8 Å². The van der Waals surface area contributed by atoms with E-state index >= 15 is 0 Å². The van der Waals surface area contributed by atoms with Crippen molar-refractivity contribution in [2.75, 3.05) is 24.5 Å². The summed E-state index contributed by atoms with van der Waals surface area (Å²) in [5.41, 5.74) is 3.43. The van der Waals surface area contributed by atoms with Crippen molar-refractivity contribution in [3.63, 3.8) is 0 Å². The van der Waals surface area contributed by atoms with Crippen LogP contribution in [0.3, 0.4) is 0 Å². The maximum atomic E-state index is 3.43. The Balaban J connectivity index is 2.06. The summed E-state index contributed by atoms with van der Waals surface area (Å²) in [5.74, 6) is 0. The predicted molar refractivity (Wildman–Crippen MR) is 79.1 cm³/mol. The van der Waals surface area contributed by atoms with Crippen molar-refractivity contribution in [1.82, 2.24) is 5.32 Å². The van der Waals surface area contributed by atoms with E-state index in [0.717, 1.165) is 13.1 Å². The van der Waals surface area contributed by atoms with Gasteiger partial charge in [0.2, 0.25) is 0 Å². The van der Waals surface area contributed by atoms with Gasteiger partial charge in [0.25, 0.3) is 0 Å². The van der Waals surface area contributed by atoms with Gasteiger partial charge in [-0.2, -0.15) is 0 Å². The average Bonchev–Trinajstić information content (AvgIpc) is 2.37. The molecule has 0 radical (unpaired) electrons. The van der Waals surface area contributed by atoms with E-state index in [2.05, 4.69) is 55.3 Å². The van der Waals surface area contributed by atoms with Crippen LogP contribution in [0.1, 0.15) is 39.2 Å². The Hall–Kier alpha value is -1.02. The Labute approximate surface area is 111 Å². The number of nitrogens with one attached hydrogen (secondary N) is 1. The summed E-state index contributed by atoms with van der Waals surface area (Å²) < 4.78 is 0. The van der Waals surface area contributed by atoms with Crippen LogP contribution in [0.4, 0.5) is 5.69 Å². The molecular weight excluding hydrogens is 220 g/mol. The van der Waals surface area contributed by atoms with Crippen LogP contribution in [0.25, 0.3) is 0 Å². The van der Waals surface area contributed by atoms with Crippen molar-refractivity contribution in [3.8, 4) is 0 Å². The van der Waals surface area contributed by atoms with Gasteiger partial charge in [0.1, 0.15) is 0 Å².